The molecule has 1 amide bonds. The summed E-state index contributed by atoms with van der Waals surface area (Å²) in [5, 5.41) is 25.7. The number of fused-ring (bicyclic) bond motifs is 9. The number of aliphatic hydroxyl groups excluding tert-OH is 1. The Morgan fingerprint density at radius 3 is 2.53 bits per heavy atom. The average Bonchev–Trinajstić information content (AvgIpc) is 3.61. The number of carbonyl (C=O) groups excluding carboxylic acids is 3. The van der Waals surface area contributed by atoms with E-state index in [4.69, 9.17) is 33.1 Å². The number of phenolic OH excluding ortho intramolecular Hbond substituents is 1. The minimum atomic E-state index is -1.97. The van der Waals surface area contributed by atoms with Gasteiger partial charge in [0.15, 0.2) is 22.3 Å². The number of ether oxygens (including phenoxy) is 5. The summed E-state index contributed by atoms with van der Waals surface area (Å²) in [6.07, 6.45) is 5.25. The summed E-state index contributed by atoms with van der Waals surface area (Å²) in [4.78, 5) is 59.7. The Morgan fingerprint density at radius 1 is 1.09 bits per heavy atom. The summed E-state index contributed by atoms with van der Waals surface area (Å²) in [6.45, 7) is 11.3. The van der Waals surface area contributed by atoms with Crippen LogP contribution in [-0.2, 0) is 23.8 Å². The number of halogens is 1. The van der Waals surface area contributed by atoms with Crippen molar-refractivity contribution < 1.29 is 52.7 Å². The summed E-state index contributed by atoms with van der Waals surface area (Å²) in [5.41, 5.74) is -0.468. The maximum absolute atomic E-state index is 14.5. The van der Waals surface area contributed by atoms with Crippen molar-refractivity contribution in [2.45, 2.75) is 85.1 Å². The monoisotopic (exact) mass is 846 g/mol. The van der Waals surface area contributed by atoms with Crippen molar-refractivity contribution in [3.8, 4) is 17.2 Å². The quantitative estimate of drug-likeness (QED) is 0.0816. The van der Waals surface area contributed by atoms with E-state index in [0.29, 0.717) is 10.2 Å². The maximum atomic E-state index is 14.5. The van der Waals surface area contributed by atoms with Crippen LogP contribution in [-0.4, -0.2) is 70.2 Å². The number of benzene rings is 3. The van der Waals surface area contributed by atoms with Gasteiger partial charge in [0.05, 0.1) is 36.5 Å². The highest BCUT2D eigenvalue weighted by Gasteiger charge is 2.50. The van der Waals surface area contributed by atoms with Crippen LogP contribution in [0.2, 0.25) is 0 Å². The van der Waals surface area contributed by atoms with E-state index in [1.807, 2.05) is 26.8 Å². The first-order valence-corrected chi connectivity index (χ1v) is 19.3. The van der Waals surface area contributed by atoms with E-state index in [-0.39, 0.29) is 85.3 Å². The Bertz CT molecular complexity index is 2520. The van der Waals surface area contributed by atoms with Crippen LogP contribution in [0.5, 0.6) is 17.2 Å². The lowest BCUT2D eigenvalue weighted by Gasteiger charge is -2.30. The molecule has 3 aromatic carbocycles. The van der Waals surface area contributed by atoms with Crippen LogP contribution in [0.3, 0.4) is 0 Å². The second-order valence-electron chi connectivity index (χ2n) is 15.1. The van der Waals surface area contributed by atoms with Gasteiger partial charge in [-0.25, -0.2) is 4.98 Å². The van der Waals surface area contributed by atoms with E-state index in [1.165, 1.54) is 34.1 Å². The summed E-state index contributed by atoms with van der Waals surface area (Å²) < 4.78 is 36.8. The molecule has 0 radical (unpaired) electrons. The van der Waals surface area contributed by atoms with Crippen molar-refractivity contribution in [3.05, 3.63) is 74.1 Å². The summed E-state index contributed by atoms with van der Waals surface area (Å²) in [7, 11) is 1.45. The molecule has 0 spiro atoms. The summed E-state index contributed by atoms with van der Waals surface area (Å²) >= 11 is 3.45. The molecule has 0 saturated carbocycles. The zero-order chi connectivity index (χ0) is 41.2. The van der Waals surface area contributed by atoms with Gasteiger partial charge in [0.25, 0.3) is 11.7 Å². The van der Waals surface area contributed by atoms with E-state index >= 15 is 0 Å². The number of aromatic nitrogens is 1. The molecule has 0 unspecified atom stereocenters. The minimum Gasteiger partial charge on any atom is -0.505 e. The third kappa shape index (κ3) is 6.74. The highest BCUT2D eigenvalue weighted by molar-refractivity contribution is 9.10. The Morgan fingerprint density at radius 2 is 1.82 bits per heavy atom. The lowest BCUT2D eigenvalue weighted by molar-refractivity contribution is -0.163. The van der Waals surface area contributed by atoms with Gasteiger partial charge in [-0.15, -0.1) is 0 Å². The number of hydrogen-bond donors (Lipinski definition) is 3. The van der Waals surface area contributed by atoms with Gasteiger partial charge in [0.1, 0.15) is 40.4 Å². The zero-order valence-corrected chi connectivity index (χ0v) is 34.2. The number of hydrogen-bond acceptors (Lipinski definition) is 13. The number of esters is 1. The number of amides is 1. The molecule has 3 N–H and O–H groups in total. The van der Waals surface area contributed by atoms with Crippen LogP contribution in [0, 0.1) is 24.7 Å². The molecule has 300 valence electrons. The molecule has 7 bridgehead atoms. The van der Waals surface area contributed by atoms with Crippen LogP contribution >= 0.6 is 15.9 Å². The molecule has 4 aromatic rings. The topological polar surface area (TPSA) is 193 Å². The van der Waals surface area contributed by atoms with E-state index in [1.54, 1.807) is 37.3 Å². The number of aliphatic hydroxyl groups is 1. The molecule has 15 heteroatoms. The van der Waals surface area contributed by atoms with E-state index < -0.39 is 59.0 Å². The van der Waals surface area contributed by atoms with E-state index in [9.17, 15) is 29.4 Å². The third-order valence-electron chi connectivity index (χ3n) is 11.1. The number of methoxy groups -OCH3 is 1. The van der Waals surface area contributed by atoms with Gasteiger partial charge in [-0.1, -0.05) is 54.9 Å². The van der Waals surface area contributed by atoms with Crippen molar-refractivity contribution >= 4 is 72.2 Å². The second kappa shape index (κ2) is 14.9. The van der Waals surface area contributed by atoms with Crippen LogP contribution in [0.15, 0.2) is 62.0 Å². The number of allylic oxidation sites excluding steroid dienone is 3. The highest BCUT2D eigenvalue weighted by Crippen LogP contribution is 2.49. The van der Waals surface area contributed by atoms with Crippen LogP contribution in [0.4, 0.5) is 5.69 Å². The highest BCUT2D eigenvalue weighted by atomic mass is 79.9. The number of ketones is 1. The number of Topliss-reactive ketones (excluding diaryl/α,β-unsaturated/α-hetero) is 1. The van der Waals surface area contributed by atoms with E-state index in [2.05, 4.69) is 21.2 Å². The molecule has 1 aromatic heterocycles. The first-order valence-electron chi connectivity index (χ1n) is 18.5. The van der Waals surface area contributed by atoms with Crippen molar-refractivity contribution in [2.75, 3.05) is 12.4 Å². The van der Waals surface area contributed by atoms with Crippen LogP contribution < -0.4 is 20.2 Å². The standard InChI is InChI=1S/C42H43BrN2O12/c1-17-11-9-12-19(3)41(51)45-31-34(49)27-26(30-38(31)55-25-16-23(43)15-24(52-8)29(25)44-30)28-37(20(4)32(27)47)57-42(7,40(28)50)53-14-10-13-18(2)36(54-22(6)46)39-33(48)21(5)35(17)56-39/h9-12,14-18,21,33,35-36,39,48-49H,13H2,1-8H3,(H,45,51)/b11-9+,14-10+,19-12-/t17-,18+,21-,33+,35-,36+,39+,42-/m0/s1. The normalized spacial score (nSPS) is 29.9. The molecular weight excluding hydrogens is 804 g/mol. The molecule has 57 heavy (non-hydrogen) atoms. The molecule has 5 heterocycles. The van der Waals surface area contributed by atoms with Gasteiger partial charge < -0.3 is 43.6 Å². The zero-order valence-electron chi connectivity index (χ0n) is 32.6. The fraction of sp³-hybridized carbons (Fsp3) is 0.405. The Balaban J connectivity index is 1.45. The number of carbonyl (C=O) groups is 3. The third-order valence-corrected chi connectivity index (χ3v) is 11.5. The van der Waals surface area contributed by atoms with Crippen LogP contribution in [0.25, 0.3) is 33.0 Å². The largest absolute Gasteiger partial charge is 0.505 e. The van der Waals surface area contributed by atoms with Gasteiger partial charge in [0, 0.05) is 46.7 Å². The number of nitrogens with one attached hydrogen (secondary N) is 1. The minimum absolute atomic E-state index is 0.0126. The summed E-state index contributed by atoms with van der Waals surface area (Å²) in [6, 6.07) is 3.29. The van der Waals surface area contributed by atoms with Crippen molar-refractivity contribution in [3.63, 3.8) is 0 Å². The maximum Gasteiger partial charge on any atom is 0.312 e. The fourth-order valence-corrected chi connectivity index (χ4v) is 8.31. The number of rotatable bonds is 2. The Labute approximate surface area is 335 Å². The molecule has 14 nitrogen and oxygen atoms in total. The SMILES string of the molecule is COc1cc(Br)cc2oc3c4c(O)c5c(=O)c(C)c6c(c5c3nc12)C(=O)[C@@](C)(O/C=C/C[C@@H](C)[C@@H](OC(C)=O)[C@@H]1O[C@H]([C@@H](C)[C@H]1O)[C@@H](C)/C=C/C=C(/C)C(=O)N4)O6. The number of anilines is 1. The smallest absolute Gasteiger partial charge is 0.312 e. The van der Waals surface area contributed by atoms with E-state index in [0.717, 1.165) is 0 Å². The molecule has 4 aliphatic rings. The number of phenols is 1. The van der Waals surface area contributed by atoms with Crippen molar-refractivity contribution in [1.29, 1.82) is 0 Å². The Kier molecular flexibility index (Phi) is 10.5. The molecule has 0 aliphatic carbocycles. The van der Waals surface area contributed by atoms with Crippen LogP contribution in [0.1, 0.15) is 63.9 Å². The molecule has 1 fully saturated rings. The second-order valence-corrected chi connectivity index (χ2v) is 16.0. The fourth-order valence-electron chi connectivity index (χ4n) is 7.89. The summed E-state index contributed by atoms with van der Waals surface area (Å²) in [5.74, 6) is -5.17. The van der Waals surface area contributed by atoms with Gasteiger partial charge in [-0.05, 0) is 44.4 Å². The molecular formula is C42H43BrN2O12. The average molecular weight is 848 g/mol. The molecule has 8 rings (SSSR count). The van der Waals surface area contributed by atoms with Gasteiger partial charge in [-0.2, -0.15) is 0 Å². The van der Waals surface area contributed by atoms with Gasteiger partial charge >= 0.3 is 11.8 Å². The first-order chi connectivity index (χ1) is 27.0. The van der Waals surface area contributed by atoms with Crippen molar-refractivity contribution in [2.24, 2.45) is 17.8 Å². The molecule has 1 saturated heterocycles. The van der Waals surface area contributed by atoms with Crippen molar-refractivity contribution in [1.82, 2.24) is 4.98 Å². The molecule has 8 atom stereocenters. The van der Waals surface area contributed by atoms with Gasteiger partial charge in [0.2, 0.25) is 0 Å². The predicted molar refractivity (Wildman–Crippen MR) is 213 cm³/mol. The lowest BCUT2D eigenvalue weighted by Crippen LogP contribution is -2.43. The number of nitrogens with zero attached hydrogens (tertiary/aromatic N) is 1. The lowest BCUT2D eigenvalue weighted by atomic mass is 9.87. The van der Waals surface area contributed by atoms with Gasteiger partial charge in [-0.3, -0.25) is 19.2 Å². The molecule has 4 aliphatic heterocycles. The Hall–Kier alpha value is -5.25. The predicted octanol–water partition coefficient (Wildman–Crippen LogP) is 6.91. The first kappa shape index (κ1) is 40.0. The number of aromatic hydroxyl groups is 1.